The van der Waals surface area contributed by atoms with Gasteiger partial charge in [-0.1, -0.05) is 6.92 Å². The summed E-state index contributed by atoms with van der Waals surface area (Å²) < 4.78 is 5.44. The predicted molar refractivity (Wildman–Crippen MR) is 85.7 cm³/mol. The lowest BCUT2D eigenvalue weighted by molar-refractivity contribution is 0.121. The van der Waals surface area contributed by atoms with Crippen LogP contribution in [0.2, 0.25) is 0 Å². The van der Waals surface area contributed by atoms with E-state index in [1.54, 1.807) is 7.11 Å². The van der Waals surface area contributed by atoms with Crippen LogP contribution >= 0.6 is 11.3 Å². The van der Waals surface area contributed by atoms with E-state index >= 15 is 0 Å². The predicted octanol–water partition coefficient (Wildman–Crippen LogP) is 2.82. The average Bonchev–Trinajstić information content (AvgIpc) is 3.01. The van der Waals surface area contributed by atoms with Crippen molar-refractivity contribution in [2.75, 3.05) is 25.1 Å². The number of aromatic nitrogens is 1. The van der Waals surface area contributed by atoms with Gasteiger partial charge in [0.2, 0.25) is 0 Å². The van der Waals surface area contributed by atoms with Gasteiger partial charge in [0.1, 0.15) is 0 Å². The Kier molecular flexibility index (Phi) is 5.04. The third-order valence-electron chi connectivity index (χ3n) is 3.63. The number of methoxy groups -OCH3 is 1. The van der Waals surface area contributed by atoms with E-state index < -0.39 is 0 Å². The molecule has 0 saturated carbocycles. The minimum absolute atomic E-state index is 0.143. The summed E-state index contributed by atoms with van der Waals surface area (Å²) in [5.41, 5.74) is 1.38. The Labute approximate surface area is 126 Å². The zero-order chi connectivity index (χ0) is 14.8. The Bertz CT molecular complexity index is 439. The molecule has 5 heteroatoms. The van der Waals surface area contributed by atoms with Crippen molar-refractivity contribution >= 4 is 16.5 Å². The summed E-state index contributed by atoms with van der Waals surface area (Å²) in [7, 11) is 1.80. The van der Waals surface area contributed by atoms with Gasteiger partial charge in [-0.05, 0) is 33.6 Å². The van der Waals surface area contributed by atoms with Crippen molar-refractivity contribution in [3.63, 3.8) is 0 Å². The van der Waals surface area contributed by atoms with Crippen molar-refractivity contribution < 1.29 is 4.74 Å². The van der Waals surface area contributed by atoms with Crippen LogP contribution in [0.1, 0.15) is 44.7 Å². The van der Waals surface area contributed by atoms with Crippen molar-refractivity contribution in [1.82, 2.24) is 10.3 Å². The molecule has 1 unspecified atom stereocenters. The molecule has 0 spiro atoms. The van der Waals surface area contributed by atoms with Crippen LogP contribution in [-0.2, 0) is 17.7 Å². The SMILES string of the molecule is CCc1nc(N2CCC(OC)C2)sc1CNC(C)(C)C. The second kappa shape index (κ2) is 6.41. The molecule has 20 heavy (non-hydrogen) atoms. The van der Waals surface area contributed by atoms with Crippen LogP contribution in [0.3, 0.4) is 0 Å². The second-order valence-electron chi connectivity index (χ2n) is 6.42. The summed E-state index contributed by atoms with van der Waals surface area (Å²) in [4.78, 5) is 8.56. The molecule has 0 aliphatic carbocycles. The van der Waals surface area contributed by atoms with Crippen LogP contribution in [0.4, 0.5) is 5.13 Å². The standard InChI is InChI=1S/C15H27N3OS/c1-6-12-13(9-16-15(2,3)4)20-14(17-12)18-8-7-11(10-18)19-5/h11,16H,6-10H2,1-5H3. The quantitative estimate of drug-likeness (QED) is 0.907. The van der Waals surface area contributed by atoms with Crippen LogP contribution in [0.25, 0.3) is 0 Å². The molecule has 1 aliphatic heterocycles. The lowest BCUT2D eigenvalue weighted by atomic mass is 10.1. The molecule has 1 aromatic heterocycles. The molecule has 1 fully saturated rings. The zero-order valence-electron chi connectivity index (χ0n) is 13.3. The zero-order valence-corrected chi connectivity index (χ0v) is 14.1. The van der Waals surface area contributed by atoms with Gasteiger partial charge in [0.15, 0.2) is 5.13 Å². The van der Waals surface area contributed by atoms with E-state index in [1.165, 1.54) is 10.6 Å². The fraction of sp³-hybridized carbons (Fsp3) is 0.800. The van der Waals surface area contributed by atoms with E-state index in [0.29, 0.717) is 6.10 Å². The van der Waals surface area contributed by atoms with Gasteiger partial charge in [-0.25, -0.2) is 4.98 Å². The third-order valence-corrected chi connectivity index (χ3v) is 4.79. The highest BCUT2D eigenvalue weighted by Gasteiger charge is 2.25. The summed E-state index contributed by atoms with van der Waals surface area (Å²) in [6.45, 7) is 11.7. The molecule has 1 saturated heterocycles. The maximum Gasteiger partial charge on any atom is 0.185 e. The molecule has 2 rings (SSSR count). The summed E-state index contributed by atoms with van der Waals surface area (Å²) >= 11 is 1.83. The lowest BCUT2D eigenvalue weighted by Gasteiger charge is -2.20. The van der Waals surface area contributed by atoms with E-state index in [-0.39, 0.29) is 5.54 Å². The molecule has 1 aromatic rings. The van der Waals surface area contributed by atoms with E-state index in [0.717, 1.165) is 37.6 Å². The number of hydrogen-bond acceptors (Lipinski definition) is 5. The van der Waals surface area contributed by atoms with E-state index in [9.17, 15) is 0 Å². The topological polar surface area (TPSA) is 37.4 Å². The van der Waals surface area contributed by atoms with Gasteiger partial charge in [0.25, 0.3) is 0 Å². The van der Waals surface area contributed by atoms with Crippen LogP contribution in [-0.4, -0.2) is 36.8 Å². The number of thiazole rings is 1. The van der Waals surface area contributed by atoms with Gasteiger partial charge < -0.3 is 15.0 Å². The number of anilines is 1. The fourth-order valence-electron chi connectivity index (χ4n) is 2.36. The van der Waals surface area contributed by atoms with E-state index in [2.05, 4.69) is 37.9 Å². The van der Waals surface area contributed by atoms with Gasteiger partial charge in [0.05, 0.1) is 11.8 Å². The maximum absolute atomic E-state index is 5.44. The molecule has 0 bridgehead atoms. The number of hydrogen-bond donors (Lipinski definition) is 1. The molecular formula is C15H27N3OS. The first kappa shape index (κ1) is 15.7. The van der Waals surface area contributed by atoms with Gasteiger partial charge in [0, 0.05) is 37.2 Å². The highest BCUT2D eigenvalue weighted by atomic mass is 32.1. The molecule has 1 atom stereocenters. The fourth-order valence-corrected chi connectivity index (χ4v) is 3.48. The molecule has 0 radical (unpaired) electrons. The summed E-state index contributed by atoms with van der Waals surface area (Å²) in [6.07, 6.45) is 2.46. The monoisotopic (exact) mass is 297 g/mol. The first-order chi connectivity index (χ1) is 9.43. The van der Waals surface area contributed by atoms with Crippen molar-refractivity contribution in [2.24, 2.45) is 0 Å². The second-order valence-corrected chi connectivity index (χ2v) is 7.48. The van der Waals surface area contributed by atoms with Crippen molar-refractivity contribution in [3.8, 4) is 0 Å². The molecule has 0 amide bonds. The van der Waals surface area contributed by atoms with Crippen molar-refractivity contribution in [1.29, 1.82) is 0 Å². The van der Waals surface area contributed by atoms with Crippen LogP contribution in [0.5, 0.6) is 0 Å². The summed E-state index contributed by atoms with van der Waals surface area (Å²) in [5, 5.41) is 4.72. The minimum atomic E-state index is 0.143. The number of nitrogens with zero attached hydrogens (tertiary/aromatic N) is 2. The minimum Gasteiger partial charge on any atom is -0.380 e. The first-order valence-electron chi connectivity index (χ1n) is 7.44. The maximum atomic E-state index is 5.44. The average molecular weight is 297 g/mol. The van der Waals surface area contributed by atoms with Crippen molar-refractivity contribution in [3.05, 3.63) is 10.6 Å². The largest absolute Gasteiger partial charge is 0.380 e. The molecule has 114 valence electrons. The van der Waals surface area contributed by atoms with Gasteiger partial charge in [-0.2, -0.15) is 0 Å². The van der Waals surface area contributed by atoms with Gasteiger partial charge in [-0.15, -0.1) is 11.3 Å². The van der Waals surface area contributed by atoms with Crippen LogP contribution < -0.4 is 10.2 Å². The number of aryl methyl sites for hydroxylation is 1. The Morgan fingerprint density at radius 2 is 2.20 bits per heavy atom. The van der Waals surface area contributed by atoms with Crippen molar-refractivity contribution in [2.45, 2.75) is 58.7 Å². The van der Waals surface area contributed by atoms with E-state index in [4.69, 9.17) is 9.72 Å². The number of rotatable bonds is 5. The number of nitrogens with one attached hydrogen (secondary N) is 1. The normalized spacial score (nSPS) is 19.9. The summed E-state index contributed by atoms with van der Waals surface area (Å²) in [6, 6.07) is 0. The smallest absolute Gasteiger partial charge is 0.185 e. The molecule has 0 aromatic carbocycles. The van der Waals surface area contributed by atoms with E-state index in [1.807, 2.05) is 11.3 Å². The highest BCUT2D eigenvalue weighted by Crippen LogP contribution is 2.30. The molecule has 2 heterocycles. The Morgan fingerprint density at radius 1 is 1.45 bits per heavy atom. The molecule has 1 aliphatic rings. The third kappa shape index (κ3) is 3.93. The highest BCUT2D eigenvalue weighted by molar-refractivity contribution is 7.15. The Morgan fingerprint density at radius 3 is 2.75 bits per heavy atom. The lowest BCUT2D eigenvalue weighted by Crippen LogP contribution is -2.35. The Hall–Kier alpha value is -0.650. The van der Waals surface area contributed by atoms with Crippen LogP contribution in [0.15, 0.2) is 0 Å². The molecule has 1 N–H and O–H groups in total. The van der Waals surface area contributed by atoms with Gasteiger partial charge >= 0.3 is 0 Å². The first-order valence-corrected chi connectivity index (χ1v) is 8.26. The molecular weight excluding hydrogens is 270 g/mol. The number of ether oxygens (including phenoxy) is 1. The summed E-state index contributed by atoms with van der Waals surface area (Å²) in [5.74, 6) is 0. The molecule has 4 nitrogen and oxygen atoms in total. The Balaban J connectivity index is 2.06. The van der Waals surface area contributed by atoms with Gasteiger partial charge in [-0.3, -0.25) is 0 Å². The van der Waals surface area contributed by atoms with Crippen LogP contribution in [0, 0.1) is 0 Å².